The molecule has 0 bridgehead atoms. The van der Waals surface area contributed by atoms with Crippen molar-refractivity contribution >= 4 is 25.4 Å². The summed E-state index contributed by atoms with van der Waals surface area (Å²) in [5.74, 6) is -2.22. The molecule has 0 aliphatic rings. The Morgan fingerprint density at radius 1 is 1.09 bits per heavy atom. The smallest absolute Gasteiger partial charge is 0.326 e. The highest BCUT2D eigenvalue weighted by atomic mass is 31.2. The second-order valence-corrected chi connectivity index (χ2v) is 11.4. The summed E-state index contributed by atoms with van der Waals surface area (Å²) in [4.78, 5) is 36.4. The number of amides is 1. The van der Waals surface area contributed by atoms with Gasteiger partial charge in [-0.2, -0.15) is 0 Å². The highest BCUT2D eigenvalue weighted by Crippen LogP contribution is 2.38. The Kier molecular flexibility index (Phi) is 10.5. The Bertz CT molecular complexity index is 821. The summed E-state index contributed by atoms with van der Waals surface area (Å²) in [6.45, 7) is 9.47. The molecule has 0 radical (unpaired) electrons. The topological polar surface area (TPSA) is 131 Å². The molecule has 0 saturated carbocycles. The average Bonchev–Trinajstić information content (AvgIpc) is 2.66. The lowest BCUT2D eigenvalue weighted by Crippen LogP contribution is -2.50. The Balaban J connectivity index is 2.93. The Labute approximate surface area is 189 Å². The van der Waals surface area contributed by atoms with Gasteiger partial charge in [-0.25, -0.2) is 9.88 Å². The van der Waals surface area contributed by atoms with Crippen molar-refractivity contribution in [1.29, 1.82) is 0 Å². The van der Waals surface area contributed by atoms with Crippen LogP contribution in [0.25, 0.3) is 0 Å². The van der Waals surface area contributed by atoms with E-state index in [0.29, 0.717) is 0 Å². The van der Waals surface area contributed by atoms with Gasteiger partial charge in [0.2, 0.25) is 5.91 Å². The van der Waals surface area contributed by atoms with Gasteiger partial charge in [0.1, 0.15) is 6.04 Å². The lowest BCUT2D eigenvalue weighted by molar-refractivity contribution is -0.159. The molecule has 1 unspecified atom stereocenters. The highest BCUT2D eigenvalue weighted by Gasteiger charge is 2.31. The molecule has 0 aliphatic carbocycles. The first kappa shape index (κ1) is 27.8. The van der Waals surface area contributed by atoms with Crippen molar-refractivity contribution < 1.29 is 33.3 Å². The number of hydrogen-bond acceptors (Lipinski definition) is 6. The predicted octanol–water partition coefficient (Wildman–Crippen LogP) is 3.19. The number of nitrogens with one attached hydrogen (secondary N) is 2. The Hall–Kier alpha value is -2.22. The van der Waals surface area contributed by atoms with Gasteiger partial charge < -0.3 is 15.2 Å². The van der Waals surface area contributed by atoms with E-state index in [1.165, 1.54) is 6.66 Å². The molecule has 1 rings (SSSR count). The second-order valence-electron chi connectivity index (χ2n) is 9.17. The maximum atomic E-state index is 12.9. The molecule has 9 nitrogen and oxygen atoms in total. The van der Waals surface area contributed by atoms with Crippen LogP contribution in [0.1, 0.15) is 46.6 Å². The standard InChI is InChI=1S/C22H35N2O7P/c1-15(2)12-18(20(26)27)23-19(25)17(13-16-10-8-7-9-11-16)24-32(6,29)31-14-30-21(28)22(3,4)5/h7-11,15,17-18H,12-14H2,1-6H3,(H,23,25)(H,24,29)(H,26,27)/t17-,18-,32?/m0/s1. The van der Waals surface area contributed by atoms with Crippen LogP contribution in [0, 0.1) is 11.3 Å². The van der Waals surface area contributed by atoms with Crippen molar-refractivity contribution in [3.63, 3.8) is 0 Å². The maximum Gasteiger partial charge on any atom is 0.326 e. The van der Waals surface area contributed by atoms with Crippen LogP contribution in [0.15, 0.2) is 30.3 Å². The molecule has 0 fully saturated rings. The third-order valence-electron chi connectivity index (χ3n) is 4.41. The zero-order valence-corrected chi connectivity index (χ0v) is 20.5. The lowest BCUT2D eigenvalue weighted by atomic mass is 9.98. The van der Waals surface area contributed by atoms with Gasteiger partial charge in [0.05, 0.1) is 11.5 Å². The number of ether oxygens (including phenoxy) is 1. The van der Waals surface area contributed by atoms with Crippen molar-refractivity contribution in [2.75, 3.05) is 13.5 Å². The summed E-state index contributed by atoms with van der Waals surface area (Å²) in [6.07, 6.45) is 0.409. The normalized spacial score (nSPS) is 15.5. The van der Waals surface area contributed by atoms with Gasteiger partial charge in [-0.15, -0.1) is 0 Å². The van der Waals surface area contributed by atoms with Crippen LogP contribution in [-0.2, 0) is 34.6 Å². The summed E-state index contributed by atoms with van der Waals surface area (Å²) in [6, 6.07) is 6.93. The predicted molar refractivity (Wildman–Crippen MR) is 121 cm³/mol. The van der Waals surface area contributed by atoms with E-state index in [-0.39, 0.29) is 18.8 Å². The minimum absolute atomic E-state index is 0.0510. The van der Waals surface area contributed by atoms with E-state index in [4.69, 9.17) is 9.26 Å². The molecule has 10 heteroatoms. The van der Waals surface area contributed by atoms with E-state index in [1.807, 2.05) is 19.9 Å². The summed E-state index contributed by atoms with van der Waals surface area (Å²) in [5, 5.41) is 14.7. The van der Waals surface area contributed by atoms with Crippen LogP contribution in [0.2, 0.25) is 0 Å². The van der Waals surface area contributed by atoms with Crippen molar-refractivity contribution in [3.8, 4) is 0 Å². The van der Waals surface area contributed by atoms with E-state index < -0.39 is 49.7 Å². The van der Waals surface area contributed by atoms with Crippen LogP contribution in [0.5, 0.6) is 0 Å². The summed E-state index contributed by atoms with van der Waals surface area (Å²) in [5.41, 5.74) is 0.0435. The molecule has 0 heterocycles. The van der Waals surface area contributed by atoms with Crippen LogP contribution in [0.4, 0.5) is 0 Å². The van der Waals surface area contributed by atoms with E-state index in [9.17, 15) is 24.1 Å². The number of esters is 1. The van der Waals surface area contributed by atoms with Gasteiger partial charge in [0.25, 0.3) is 7.52 Å². The number of carbonyl (C=O) groups excluding carboxylic acids is 2. The molecule has 0 aromatic heterocycles. The highest BCUT2D eigenvalue weighted by molar-refractivity contribution is 7.56. The van der Waals surface area contributed by atoms with E-state index in [0.717, 1.165) is 5.56 Å². The number of benzene rings is 1. The molecule has 3 N–H and O–H groups in total. The maximum absolute atomic E-state index is 12.9. The first-order valence-electron chi connectivity index (χ1n) is 10.5. The zero-order chi connectivity index (χ0) is 24.5. The van der Waals surface area contributed by atoms with Crippen molar-refractivity contribution in [3.05, 3.63) is 35.9 Å². The van der Waals surface area contributed by atoms with E-state index >= 15 is 0 Å². The van der Waals surface area contributed by atoms with Crippen LogP contribution in [-0.4, -0.2) is 48.5 Å². The molecular formula is C22H35N2O7P. The molecule has 3 atom stereocenters. The van der Waals surface area contributed by atoms with Gasteiger partial charge in [0.15, 0.2) is 6.79 Å². The average molecular weight is 471 g/mol. The van der Waals surface area contributed by atoms with Crippen molar-refractivity contribution in [2.45, 2.75) is 59.5 Å². The first-order chi connectivity index (χ1) is 14.7. The number of carboxylic acid groups (broad SMARTS) is 1. The first-order valence-corrected chi connectivity index (χ1v) is 12.5. The van der Waals surface area contributed by atoms with Gasteiger partial charge in [-0.1, -0.05) is 44.2 Å². The number of carboxylic acids is 1. The van der Waals surface area contributed by atoms with Crippen LogP contribution >= 0.6 is 7.52 Å². The van der Waals surface area contributed by atoms with E-state index in [2.05, 4.69) is 10.4 Å². The Morgan fingerprint density at radius 2 is 1.69 bits per heavy atom. The minimum atomic E-state index is -3.58. The molecule has 0 saturated heterocycles. The summed E-state index contributed by atoms with van der Waals surface area (Å²) >= 11 is 0. The second kappa shape index (κ2) is 12.1. The number of aliphatic carboxylic acids is 1. The van der Waals surface area contributed by atoms with Crippen molar-refractivity contribution in [2.24, 2.45) is 11.3 Å². The van der Waals surface area contributed by atoms with Gasteiger partial charge >= 0.3 is 11.9 Å². The monoisotopic (exact) mass is 470 g/mol. The fraction of sp³-hybridized carbons (Fsp3) is 0.591. The zero-order valence-electron chi connectivity index (χ0n) is 19.6. The lowest BCUT2D eigenvalue weighted by Gasteiger charge is -2.25. The van der Waals surface area contributed by atoms with Gasteiger partial charge in [0, 0.05) is 6.66 Å². The molecule has 0 aliphatic heterocycles. The molecule has 1 aromatic carbocycles. The fourth-order valence-electron chi connectivity index (χ4n) is 2.73. The SMILES string of the molecule is CC(C)C[C@H](NC(=O)[C@H](Cc1ccccc1)NP(C)(=O)OCOC(=O)C(C)(C)C)C(=O)O. The van der Waals surface area contributed by atoms with Crippen molar-refractivity contribution in [1.82, 2.24) is 10.4 Å². The van der Waals surface area contributed by atoms with E-state index in [1.54, 1.807) is 45.0 Å². The number of carbonyl (C=O) groups is 3. The molecule has 1 aromatic rings. The third kappa shape index (κ3) is 10.4. The molecular weight excluding hydrogens is 435 g/mol. The van der Waals surface area contributed by atoms with Gasteiger partial charge in [-0.3, -0.25) is 18.7 Å². The quantitative estimate of drug-likeness (QED) is 0.241. The third-order valence-corrected chi connectivity index (χ3v) is 5.79. The summed E-state index contributed by atoms with van der Waals surface area (Å²) < 4.78 is 23.2. The number of rotatable bonds is 12. The summed E-state index contributed by atoms with van der Waals surface area (Å²) in [7, 11) is -3.58. The number of hydrogen-bond donors (Lipinski definition) is 3. The largest absolute Gasteiger partial charge is 0.480 e. The Morgan fingerprint density at radius 3 is 2.19 bits per heavy atom. The van der Waals surface area contributed by atoms with Crippen LogP contribution < -0.4 is 10.4 Å². The van der Waals surface area contributed by atoms with Crippen LogP contribution in [0.3, 0.4) is 0 Å². The van der Waals surface area contributed by atoms with Gasteiger partial charge in [-0.05, 0) is 45.1 Å². The minimum Gasteiger partial charge on any atom is -0.480 e. The molecule has 0 spiro atoms. The molecule has 180 valence electrons. The molecule has 32 heavy (non-hydrogen) atoms. The fourth-order valence-corrected chi connectivity index (χ4v) is 3.83. The molecule has 1 amide bonds.